The molecule has 0 aliphatic carbocycles. The monoisotopic (exact) mass is 422 g/mol. The van der Waals surface area contributed by atoms with E-state index in [1.54, 1.807) is 0 Å². The van der Waals surface area contributed by atoms with Crippen molar-refractivity contribution in [1.82, 2.24) is 5.43 Å². The van der Waals surface area contributed by atoms with Crippen LogP contribution in [0.25, 0.3) is 0 Å². The molecule has 0 saturated carbocycles. The molecule has 3 aromatic carbocycles. The predicted molar refractivity (Wildman–Crippen MR) is 119 cm³/mol. The Morgan fingerprint density at radius 1 is 1.13 bits per heavy atom. The van der Waals surface area contributed by atoms with Gasteiger partial charge in [-0.2, -0.15) is 5.10 Å². The minimum atomic E-state index is -0.426. The van der Waals surface area contributed by atoms with Gasteiger partial charge in [0.25, 0.3) is 5.91 Å². The topological polar surface area (TPSA) is 70.9 Å². The number of nitrogens with one attached hydrogen (secondary N) is 1. The van der Waals surface area contributed by atoms with Crippen molar-refractivity contribution < 1.29 is 14.6 Å². The summed E-state index contributed by atoms with van der Waals surface area (Å²) in [5.74, 6) is 0.709. The molecule has 30 heavy (non-hydrogen) atoms. The second kappa shape index (κ2) is 9.94. The smallest absolute Gasteiger partial charge is 0.271 e. The number of amides is 1. The van der Waals surface area contributed by atoms with Gasteiger partial charge in [0, 0.05) is 5.56 Å². The fraction of sp³-hybridized carbons (Fsp3) is 0.167. The van der Waals surface area contributed by atoms with Crippen molar-refractivity contribution in [2.45, 2.75) is 26.4 Å². The first kappa shape index (κ1) is 21.4. The summed E-state index contributed by atoms with van der Waals surface area (Å²) in [5.41, 5.74) is 5.92. The number of benzene rings is 3. The van der Waals surface area contributed by atoms with Crippen LogP contribution in [-0.2, 0) is 6.61 Å². The first-order chi connectivity index (χ1) is 14.4. The highest BCUT2D eigenvalue weighted by Gasteiger charge is 2.07. The Labute approximate surface area is 181 Å². The van der Waals surface area contributed by atoms with Crippen LogP contribution in [0, 0.1) is 0 Å². The fourth-order valence-electron chi connectivity index (χ4n) is 2.73. The molecule has 3 aromatic rings. The molecule has 2 N–H and O–H groups in total. The Hall–Kier alpha value is -3.31. The van der Waals surface area contributed by atoms with Crippen LogP contribution in [0.4, 0.5) is 0 Å². The molecule has 6 heteroatoms. The fourth-order valence-corrected chi connectivity index (χ4v) is 2.91. The Morgan fingerprint density at radius 3 is 2.60 bits per heavy atom. The van der Waals surface area contributed by atoms with Gasteiger partial charge in [-0.25, -0.2) is 5.43 Å². The second-order valence-corrected chi connectivity index (χ2v) is 7.53. The van der Waals surface area contributed by atoms with E-state index >= 15 is 0 Å². The number of carbonyl (C=O) groups is 1. The summed E-state index contributed by atoms with van der Waals surface area (Å²) in [5, 5.41) is 13.5. The molecule has 0 heterocycles. The van der Waals surface area contributed by atoms with Gasteiger partial charge in [0.05, 0.1) is 11.2 Å². The number of hydrazone groups is 1. The molecular weight excluding hydrogens is 400 g/mol. The Balaban J connectivity index is 1.56. The van der Waals surface area contributed by atoms with Gasteiger partial charge in [0.15, 0.2) is 0 Å². The van der Waals surface area contributed by atoms with Gasteiger partial charge >= 0.3 is 0 Å². The number of phenols is 1. The van der Waals surface area contributed by atoms with E-state index in [9.17, 15) is 9.90 Å². The minimum Gasteiger partial charge on any atom is -0.506 e. The van der Waals surface area contributed by atoms with Crippen LogP contribution in [-0.4, -0.2) is 17.2 Å². The molecule has 0 atom stereocenters. The molecule has 0 unspecified atom stereocenters. The van der Waals surface area contributed by atoms with E-state index in [1.807, 2.05) is 24.3 Å². The number of aromatic hydroxyl groups is 1. The van der Waals surface area contributed by atoms with Crippen LogP contribution in [0.5, 0.6) is 11.5 Å². The molecule has 0 fully saturated rings. The standard InChI is InChI=1S/C24H23ClN2O3/c1-16(2)19-8-6-17(7-9-19)15-30-21-5-3-4-18(12-21)14-26-27-24(29)20-10-11-23(28)22(25)13-20/h3-14,16,28H,15H2,1-2H3,(H,27,29)/b26-14+. The van der Waals surface area contributed by atoms with Gasteiger partial charge in [-0.1, -0.05) is 61.8 Å². The van der Waals surface area contributed by atoms with Crippen molar-refractivity contribution in [3.05, 3.63) is 94.0 Å². The number of ether oxygens (including phenoxy) is 1. The maximum atomic E-state index is 12.1. The van der Waals surface area contributed by atoms with Gasteiger partial charge < -0.3 is 9.84 Å². The highest BCUT2D eigenvalue weighted by atomic mass is 35.5. The van der Waals surface area contributed by atoms with Gasteiger partial charge in [0.2, 0.25) is 0 Å². The zero-order valence-corrected chi connectivity index (χ0v) is 17.6. The number of nitrogens with zero attached hydrogens (tertiary/aromatic N) is 1. The zero-order chi connectivity index (χ0) is 21.5. The molecule has 3 rings (SSSR count). The van der Waals surface area contributed by atoms with Crippen LogP contribution in [0.15, 0.2) is 71.8 Å². The van der Waals surface area contributed by atoms with E-state index in [1.165, 1.54) is 30.0 Å². The summed E-state index contributed by atoms with van der Waals surface area (Å²) in [4.78, 5) is 12.1. The van der Waals surface area contributed by atoms with Crippen molar-refractivity contribution in [3.8, 4) is 11.5 Å². The van der Waals surface area contributed by atoms with Crippen LogP contribution in [0.1, 0.15) is 46.8 Å². The molecule has 0 bridgehead atoms. The number of carbonyl (C=O) groups excluding carboxylic acids is 1. The van der Waals surface area contributed by atoms with Crippen LogP contribution in [0.2, 0.25) is 5.02 Å². The van der Waals surface area contributed by atoms with Gasteiger partial charge in [-0.3, -0.25) is 4.79 Å². The number of hydrogen-bond acceptors (Lipinski definition) is 4. The van der Waals surface area contributed by atoms with Crippen LogP contribution < -0.4 is 10.2 Å². The summed E-state index contributed by atoms with van der Waals surface area (Å²) >= 11 is 5.82. The molecular formula is C24H23ClN2O3. The first-order valence-corrected chi connectivity index (χ1v) is 9.94. The van der Waals surface area contributed by atoms with E-state index in [2.05, 4.69) is 48.6 Å². The third kappa shape index (κ3) is 5.84. The van der Waals surface area contributed by atoms with Crippen molar-refractivity contribution >= 4 is 23.7 Å². The lowest BCUT2D eigenvalue weighted by Crippen LogP contribution is -2.17. The van der Waals surface area contributed by atoms with Crippen molar-refractivity contribution in [2.24, 2.45) is 5.10 Å². The molecule has 0 aromatic heterocycles. The van der Waals surface area contributed by atoms with Crippen molar-refractivity contribution in [3.63, 3.8) is 0 Å². The van der Waals surface area contributed by atoms with Crippen molar-refractivity contribution in [1.29, 1.82) is 0 Å². The molecule has 0 saturated heterocycles. The largest absolute Gasteiger partial charge is 0.506 e. The normalized spacial score (nSPS) is 11.1. The lowest BCUT2D eigenvalue weighted by molar-refractivity contribution is 0.0955. The number of hydrogen-bond donors (Lipinski definition) is 2. The number of rotatable bonds is 7. The van der Waals surface area contributed by atoms with Gasteiger partial charge in [-0.15, -0.1) is 0 Å². The number of halogens is 1. The van der Waals surface area contributed by atoms with Crippen LogP contribution >= 0.6 is 11.6 Å². The maximum Gasteiger partial charge on any atom is 0.271 e. The maximum absolute atomic E-state index is 12.1. The van der Waals surface area contributed by atoms with E-state index in [4.69, 9.17) is 16.3 Å². The Morgan fingerprint density at radius 2 is 1.90 bits per heavy atom. The average Bonchev–Trinajstić information content (AvgIpc) is 2.74. The summed E-state index contributed by atoms with van der Waals surface area (Å²) in [7, 11) is 0. The van der Waals surface area contributed by atoms with E-state index in [0.29, 0.717) is 23.8 Å². The summed E-state index contributed by atoms with van der Waals surface area (Å²) in [6.07, 6.45) is 1.53. The van der Waals surface area contributed by atoms with Gasteiger partial charge in [-0.05, 0) is 52.9 Å². The highest BCUT2D eigenvalue weighted by molar-refractivity contribution is 6.32. The quantitative estimate of drug-likeness (QED) is 0.389. The Bertz CT molecular complexity index is 1050. The molecule has 1 amide bonds. The molecule has 0 aliphatic heterocycles. The summed E-state index contributed by atoms with van der Waals surface area (Å²) in [6.45, 7) is 4.80. The third-order valence-corrected chi connectivity index (χ3v) is 4.80. The second-order valence-electron chi connectivity index (χ2n) is 7.12. The third-order valence-electron chi connectivity index (χ3n) is 4.50. The molecule has 5 nitrogen and oxygen atoms in total. The van der Waals surface area contributed by atoms with Gasteiger partial charge in [0.1, 0.15) is 18.1 Å². The van der Waals surface area contributed by atoms with E-state index in [0.717, 1.165) is 11.1 Å². The van der Waals surface area contributed by atoms with E-state index in [-0.39, 0.29) is 10.8 Å². The highest BCUT2D eigenvalue weighted by Crippen LogP contribution is 2.23. The SMILES string of the molecule is CC(C)c1ccc(COc2cccc(/C=N/NC(=O)c3ccc(O)c(Cl)c3)c2)cc1. The molecule has 0 spiro atoms. The summed E-state index contributed by atoms with van der Waals surface area (Å²) in [6, 6.07) is 20.0. The minimum absolute atomic E-state index is 0.0793. The average molecular weight is 423 g/mol. The molecule has 0 radical (unpaired) electrons. The Kier molecular flexibility index (Phi) is 7.09. The lowest BCUT2D eigenvalue weighted by atomic mass is 10.0. The summed E-state index contributed by atoms with van der Waals surface area (Å²) < 4.78 is 5.87. The molecule has 154 valence electrons. The first-order valence-electron chi connectivity index (χ1n) is 9.56. The lowest BCUT2D eigenvalue weighted by Gasteiger charge is -2.09. The van der Waals surface area contributed by atoms with E-state index < -0.39 is 5.91 Å². The molecule has 0 aliphatic rings. The number of phenolic OH excluding ortho intramolecular Hbond substituents is 1. The zero-order valence-electron chi connectivity index (χ0n) is 16.8. The van der Waals surface area contributed by atoms with Crippen molar-refractivity contribution in [2.75, 3.05) is 0 Å². The van der Waals surface area contributed by atoms with Crippen LogP contribution in [0.3, 0.4) is 0 Å². The predicted octanol–water partition coefficient (Wildman–Crippen LogP) is 5.51.